The third kappa shape index (κ3) is 6.44. The van der Waals surface area contributed by atoms with Crippen molar-refractivity contribution in [3.8, 4) is 0 Å². The molecule has 0 atom stereocenters. The molecule has 0 aliphatic carbocycles. The first-order valence-corrected chi connectivity index (χ1v) is 7.87. The van der Waals surface area contributed by atoms with E-state index in [-0.39, 0.29) is 11.1 Å². The van der Waals surface area contributed by atoms with E-state index >= 15 is 0 Å². The van der Waals surface area contributed by atoms with Crippen LogP contribution in [0.1, 0.15) is 52.0 Å². The molecule has 0 aliphatic heterocycles. The molecule has 0 spiro atoms. The molecule has 0 radical (unpaired) electrons. The van der Waals surface area contributed by atoms with Crippen molar-refractivity contribution < 1.29 is 4.92 Å². The number of hydrogen-bond donors (Lipinski definition) is 1. The zero-order valence-electron chi connectivity index (χ0n) is 13.1. The van der Waals surface area contributed by atoms with Gasteiger partial charge in [-0.3, -0.25) is 10.1 Å². The number of nitro groups is 1. The fourth-order valence-electron chi connectivity index (χ4n) is 2.29. The summed E-state index contributed by atoms with van der Waals surface area (Å²) in [5.74, 6) is 0. The lowest BCUT2D eigenvalue weighted by Gasteiger charge is -2.25. The number of rotatable bonds is 9. The summed E-state index contributed by atoms with van der Waals surface area (Å²) in [6, 6.07) is 4.56. The summed E-state index contributed by atoms with van der Waals surface area (Å²) in [6.07, 6.45) is 4.91. The van der Waals surface area contributed by atoms with Gasteiger partial charge in [-0.15, -0.1) is 0 Å². The maximum Gasteiger partial charge on any atom is 0.269 e. The predicted molar refractivity (Wildman–Crippen MR) is 87.7 cm³/mol. The number of hydrogen-bond acceptors (Lipinski definition) is 3. The quantitative estimate of drug-likeness (QED) is 0.399. The number of nitro benzene ring substituents is 1. The molecular formula is C16H25ClN2O2. The van der Waals surface area contributed by atoms with Crippen molar-refractivity contribution in [3.05, 3.63) is 38.9 Å². The zero-order valence-corrected chi connectivity index (χ0v) is 13.9. The van der Waals surface area contributed by atoms with Gasteiger partial charge in [0, 0.05) is 30.2 Å². The molecule has 0 saturated carbocycles. The van der Waals surface area contributed by atoms with E-state index in [1.54, 1.807) is 12.1 Å². The Hall–Kier alpha value is -1.13. The third-order valence-electron chi connectivity index (χ3n) is 3.62. The van der Waals surface area contributed by atoms with E-state index in [1.807, 2.05) is 0 Å². The molecule has 0 saturated heterocycles. The molecule has 0 aliphatic rings. The first-order valence-electron chi connectivity index (χ1n) is 7.49. The van der Waals surface area contributed by atoms with Crippen molar-refractivity contribution in [2.75, 3.05) is 6.54 Å². The Morgan fingerprint density at radius 1 is 1.33 bits per heavy atom. The Morgan fingerprint density at radius 3 is 2.67 bits per heavy atom. The molecule has 4 nitrogen and oxygen atoms in total. The monoisotopic (exact) mass is 312 g/mol. The van der Waals surface area contributed by atoms with E-state index in [2.05, 4.69) is 26.1 Å². The van der Waals surface area contributed by atoms with Crippen molar-refractivity contribution in [1.82, 2.24) is 5.32 Å². The molecule has 0 unspecified atom stereocenters. The SMILES string of the molecule is CCCCCC(C)(C)CNCc1cc([N+](=O)[O-])ccc1Cl. The number of unbranched alkanes of at least 4 members (excludes halogenated alkanes) is 2. The molecule has 0 fully saturated rings. The van der Waals surface area contributed by atoms with E-state index in [9.17, 15) is 10.1 Å². The van der Waals surface area contributed by atoms with Crippen molar-refractivity contribution in [2.24, 2.45) is 5.41 Å². The molecule has 1 aromatic carbocycles. The molecule has 5 heteroatoms. The highest BCUT2D eigenvalue weighted by molar-refractivity contribution is 6.31. The van der Waals surface area contributed by atoms with E-state index < -0.39 is 4.92 Å². The van der Waals surface area contributed by atoms with E-state index in [4.69, 9.17) is 11.6 Å². The molecule has 21 heavy (non-hydrogen) atoms. The Bertz CT molecular complexity index is 475. The first-order chi connectivity index (χ1) is 9.85. The zero-order chi connectivity index (χ0) is 15.9. The Balaban J connectivity index is 2.51. The van der Waals surface area contributed by atoms with Gasteiger partial charge in [0.15, 0.2) is 0 Å². The standard InChI is InChI=1S/C16H25ClN2O2/c1-4-5-6-9-16(2,3)12-18-11-13-10-14(19(20)21)7-8-15(13)17/h7-8,10,18H,4-6,9,11-12H2,1-3H3. The molecule has 0 aromatic heterocycles. The predicted octanol–water partition coefficient (Wildman–Crippen LogP) is 4.94. The van der Waals surface area contributed by atoms with Crippen molar-refractivity contribution >= 4 is 17.3 Å². The van der Waals surface area contributed by atoms with Gasteiger partial charge in [-0.2, -0.15) is 0 Å². The van der Waals surface area contributed by atoms with Gasteiger partial charge in [0.1, 0.15) is 0 Å². The number of non-ortho nitro benzene ring substituents is 1. The maximum atomic E-state index is 10.8. The van der Waals surface area contributed by atoms with Crippen LogP contribution >= 0.6 is 11.6 Å². The smallest absolute Gasteiger partial charge is 0.269 e. The van der Waals surface area contributed by atoms with Crippen molar-refractivity contribution in [1.29, 1.82) is 0 Å². The summed E-state index contributed by atoms with van der Waals surface area (Å²) in [5, 5.41) is 14.7. The summed E-state index contributed by atoms with van der Waals surface area (Å²) in [5.41, 5.74) is 1.08. The lowest BCUT2D eigenvalue weighted by molar-refractivity contribution is -0.384. The average molecular weight is 313 g/mol. The van der Waals surface area contributed by atoms with Gasteiger partial charge in [0.2, 0.25) is 0 Å². The van der Waals surface area contributed by atoms with Crippen LogP contribution in [-0.2, 0) is 6.54 Å². The number of benzene rings is 1. The second kappa shape index (κ2) is 8.35. The minimum atomic E-state index is -0.394. The molecule has 1 N–H and O–H groups in total. The summed E-state index contributed by atoms with van der Waals surface area (Å²) < 4.78 is 0. The Labute approximate surface area is 132 Å². The lowest BCUT2D eigenvalue weighted by Crippen LogP contribution is -2.29. The summed E-state index contributed by atoms with van der Waals surface area (Å²) in [4.78, 5) is 10.4. The second-order valence-electron chi connectivity index (χ2n) is 6.26. The lowest BCUT2D eigenvalue weighted by atomic mass is 9.87. The molecule has 118 valence electrons. The number of halogens is 1. The summed E-state index contributed by atoms with van der Waals surface area (Å²) in [7, 11) is 0. The van der Waals surface area contributed by atoms with Gasteiger partial charge < -0.3 is 5.32 Å². The van der Waals surface area contributed by atoms with E-state index in [0.717, 1.165) is 12.1 Å². The van der Waals surface area contributed by atoms with Crippen LogP contribution in [0.2, 0.25) is 5.02 Å². The fourth-order valence-corrected chi connectivity index (χ4v) is 2.47. The van der Waals surface area contributed by atoms with E-state index in [1.165, 1.54) is 31.7 Å². The molecule has 0 amide bonds. The van der Waals surface area contributed by atoms with Crippen molar-refractivity contribution in [3.63, 3.8) is 0 Å². The van der Waals surface area contributed by atoms with Crippen LogP contribution < -0.4 is 5.32 Å². The summed E-state index contributed by atoms with van der Waals surface area (Å²) >= 11 is 6.09. The Morgan fingerprint density at radius 2 is 2.05 bits per heavy atom. The molecule has 1 rings (SSSR count). The van der Waals surface area contributed by atoms with Gasteiger partial charge in [0.05, 0.1) is 4.92 Å². The molecule has 1 aromatic rings. The minimum Gasteiger partial charge on any atom is -0.312 e. The Kier molecular flexibility index (Phi) is 7.12. The van der Waals surface area contributed by atoms with Crippen LogP contribution in [0.3, 0.4) is 0 Å². The first kappa shape index (κ1) is 17.9. The van der Waals surface area contributed by atoms with E-state index in [0.29, 0.717) is 11.6 Å². The van der Waals surface area contributed by atoms with Crippen LogP contribution in [0.25, 0.3) is 0 Å². The minimum absolute atomic E-state index is 0.0819. The van der Waals surface area contributed by atoms with Gasteiger partial charge in [-0.1, -0.05) is 51.6 Å². The number of nitrogens with zero attached hydrogens (tertiary/aromatic N) is 1. The van der Waals surface area contributed by atoms with Crippen LogP contribution in [0.15, 0.2) is 18.2 Å². The van der Waals surface area contributed by atoms with Gasteiger partial charge in [-0.05, 0) is 23.5 Å². The molecule has 0 bridgehead atoms. The van der Waals surface area contributed by atoms with Crippen LogP contribution in [0, 0.1) is 15.5 Å². The van der Waals surface area contributed by atoms with Crippen LogP contribution in [-0.4, -0.2) is 11.5 Å². The maximum absolute atomic E-state index is 10.8. The number of nitrogens with one attached hydrogen (secondary N) is 1. The highest BCUT2D eigenvalue weighted by Crippen LogP contribution is 2.24. The topological polar surface area (TPSA) is 55.2 Å². The highest BCUT2D eigenvalue weighted by atomic mass is 35.5. The molecular weight excluding hydrogens is 288 g/mol. The average Bonchev–Trinajstić information content (AvgIpc) is 2.40. The normalized spacial score (nSPS) is 11.6. The largest absolute Gasteiger partial charge is 0.312 e. The van der Waals surface area contributed by atoms with Gasteiger partial charge in [0.25, 0.3) is 5.69 Å². The van der Waals surface area contributed by atoms with Crippen molar-refractivity contribution in [2.45, 2.75) is 53.0 Å². The van der Waals surface area contributed by atoms with Gasteiger partial charge >= 0.3 is 0 Å². The second-order valence-corrected chi connectivity index (χ2v) is 6.66. The highest BCUT2D eigenvalue weighted by Gasteiger charge is 2.17. The molecule has 0 heterocycles. The van der Waals surface area contributed by atoms with Gasteiger partial charge in [-0.25, -0.2) is 0 Å². The van der Waals surface area contributed by atoms with Crippen LogP contribution in [0.5, 0.6) is 0 Å². The third-order valence-corrected chi connectivity index (χ3v) is 3.98. The fraction of sp³-hybridized carbons (Fsp3) is 0.625. The van der Waals surface area contributed by atoms with Crippen LogP contribution in [0.4, 0.5) is 5.69 Å². The summed E-state index contributed by atoms with van der Waals surface area (Å²) in [6.45, 7) is 8.11.